The van der Waals surface area contributed by atoms with Crippen molar-refractivity contribution in [1.82, 2.24) is 15.1 Å². The molecule has 0 atom stereocenters. The normalized spacial score (nSPS) is 11.7. The number of pyridine rings is 1. The Bertz CT molecular complexity index is 556. The molecule has 2 N–H and O–H groups in total. The Labute approximate surface area is 105 Å². The molecule has 0 radical (unpaired) electrons. The predicted octanol–water partition coefficient (Wildman–Crippen LogP) is 1.79. The van der Waals surface area contributed by atoms with Crippen LogP contribution in [0, 0.1) is 0 Å². The van der Waals surface area contributed by atoms with Gasteiger partial charge in [-0.1, -0.05) is 5.16 Å². The molecule has 0 aromatic carbocycles. The number of alkyl halides is 3. The zero-order chi connectivity index (χ0) is 13.9. The van der Waals surface area contributed by atoms with E-state index in [1.165, 1.54) is 12.3 Å². The Morgan fingerprint density at radius 3 is 2.84 bits per heavy atom. The van der Waals surface area contributed by atoms with Crippen LogP contribution in [-0.4, -0.2) is 27.9 Å². The van der Waals surface area contributed by atoms with Crippen LogP contribution in [0.3, 0.4) is 0 Å². The zero-order valence-electron chi connectivity index (χ0n) is 9.52. The van der Waals surface area contributed by atoms with E-state index < -0.39 is 12.8 Å². The molecule has 2 rings (SSSR count). The molecule has 0 spiro atoms. The summed E-state index contributed by atoms with van der Waals surface area (Å²) < 4.78 is 44.9. The molecule has 0 aliphatic heterocycles. The monoisotopic (exact) mass is 274 g/mol. The second-order valence-electron chi connectivity index (χ2n) is 3.59. The highest BCUT2D eigenvalue weighted by Gasteiger charge is 2.27. The van der Waals surface area contributed by atoms with Crippen LogP contribution in [0.4, 0.5) is 19.0 Å². The zero-order valence-corrected chi connectivity index (χ0v) is 9.52. The summed E-state index contributed by atoms with van der Waals surface area (Å²) in [5.74, 6) is 0.430. The number of anilines is 1. The van der Waals surface area contributed by atoms with Crippen molar-refractivity contribution in [2.24, 2.45) is 0 Å². The highest BCUT2D eigenvalue weighted by atomic mass is 19.4. The largest absolute Gasteiger partial charge is 0.411 e. The first-order valence-corrected chi connectivity index (χ1v) is 5.13. The second kappa shape index (κ2) is 5.22. The number of aromatic nitrogens is 3. The van der Waals surface area contributed by atoms with Gasteiger partial charge in [0.05, 0.1) is 0 Å². The lowest BCUT2D eigenvalue weighted by Crippen LogP contribution is -2.16. The van der Waals surface area contributed by atoms with Crippen LogP contribution in [0.2, 0.25) is 0 Å². The van der Waals surface area contributed by atoms with Crippen molar-refractivity contribution in [1.29, 1.82) is 0 Å². The fourth-order valence-corrected chi connectivity index (χ4v) is 1.27. The molecule has 19 heavy (non-hydrogen) atoms. The molecule has 0 amide bonds. The second-order valence-corrected chi connectivity index (χ2v) is 3.59. The number of hydrogen-bond donors (Lipinski definition) is 1. The van der Waals surface area contributed by atoms with Crippen molar-refractivity contribution in [2.45, 2.75) is 12.8 Å². The summed E-state index contributed by atoms with van der Waals surface area (Å²) in [6.07, 6.45) is -2.93. The number of rotatable bonds is 4. The summed E-state index contributed by atoms with van der Waals surface area (Å²) >= 11 is 0. The molecule has 2 heterocycles. The third-order valence-corrected chi connectivity index (χ3v) is 1.99. The SMILES string of the molecule is Nc1cc(-c2nc(COCC(F)(F)F)no2)ccn1. The molecule has 2 aromatic heterocycles. The van der Waals surface area contributed by atoms with Gasteiger partial charge in [-0.3, -0.25) is 0 Å². The van der Waals surface area contributed by atoms with E-state index in [4.69, 9.17) is 10.3 Å². The number of nitrogens with two attached hydrogens (primary N) is 1. The first-order chi connectivity index (χ1) is 8.94. The summed E-state index contributed by atoms with van der Waals surface area (Å²) in [6.45, 7) is -1.75. The van der Waals surface area contributed by atoms with E-state index in [1.54, 1.807) is 6.07 Å². The Morgan fingerprint density at radius 2 is 2.16 bits per heavy atom. The highest BCUT2D eigenvalue weighted by molar-refractivity contribution is 5.56. The van der Waals surface area contributed by atoms with Gasteiger partial charge in [-0.15, -0.1) is 0 Å². The number of halogens is 3. The van der Waals surface area contributed by atoms with Gasteiger partial charge < -0.3 is 15.0 Å². The molecule has 0 saturated heterocycles. The average Bonchev–Trinajstić information content (AvgIpc) is 2.76. The molecule has 0 aliphatic rings. The van der Waals surface area contributed by atoms with Crippen molar-refractivity contribution >= 4 is 5.82 Å². The van der Waals surface area contributed by atoms with Crippen molar-refractivity contribution < 1.29 is 22.4 Å². The minimum absolute atomic E-state index is 0.0228. The summed E-state index contributed by atoms with van der Waals surface area (Å²) in [7, 11) is 0. The molecule has 0 saturated carbocycles. The van der Waals surface area contributed by atoms with E-state index >= 15 is 0 Å². The lowest BCUT2D eigenvalue weighted by Gasteiger charge is -2.04. The van der Waals surface area contributed by atoms with Gasteiger partial charge in [-0.2, -0.15) is 18.2 Å². The maximum atomic E-state index is 11.9. The first-order valence-electron chi connectivity index (χ1n) is 5.13. The van der Waals surface area contributed by atoms with Crippen LogP contribution in [0.1, 0.15) is 5.82 Å². The highest BCUT2D eigenvalue weighted by Crippen LogP contribution is 2.19. The average molecular weight is 274 g/mol. The summed E-state index contributed by atoms with van der Waals surface area (Å²) in [4.78, 5) is 7.67. The van der Waals surface area contributed by atoms with E-state index in [0.29, 0.717) is 5.56 Å². The van der Waals surface area contributed by atoms with Crippen LogP contribution in [0.15, 0.2) is 22.9 Å². The minimum Gasteiger partial charge on any atom is -0.384 e. The Balaban J connectivity index is 1.99. The lowest BCUT2D eigenvalue weighted by molar-refractivity contribution is -0.177. The molecule has 9 heteroatoms. The molecule has 6 nitrogen and oxygen atoms in total. The predicted molar refractivity (Wildman–Crippen MR) is 57.7 cm³/mol. The van der Waals surface area contributed by atoms with Crippen LogP contribution < -0.4 is 5.73 Å². The first kappa shape index (κ1) is 13.3. The summed E-state index contributed by atoms with van der Waals surface area (Å²) in [5.41, 5.74) is 6.01. The van der Waals surface area contributed by atoms with Crippen molar-refractivity contribution in [3.8, 4) is 11.5 Å². The van der Waals surface area contributed by atoms with Gasteiger partial charge >= 0.3 is 6.18 Å². The fraction of sp³-hybridized carbons (Fsp3) is 0.300. The van der Waals surface area contributed by atoms with Gasteiger partial charge in [0.25, 0.3) is 5.89 Å². The topological polar surface area (TPSA) is 87.1 Å². The van der Waals surface area contributed by atoms with E-state index in [1.807, 2.05) is 0 Å². The molecular formula is C10H9F3N4O2. The maximum Gasteiger partial charge on any atom is 0.411 e. The summed E-state index contributed by atoms with van der Waals surface area (Å²) in [5, 5.41) is 3.50. The van der Waals surface area contributed by atoms with Crippen molar-refractivity contribution in [2.75, 3.05) is 12.3 Å². The van der Waals surface area contributed by atoms with E-state index in [0.717, 1.165) is 0 Å². The molecule has 0 aliphatic carbocycles. The van der Waals surface area contributed by atoms with Gasteiger partial charge in [0.15, 0.2) is 5.82 Å². The Morgan fingerprint density at radius 1 is 1.37 bits per heavy atom. The Hall–Kier alpha value is -2.16. The lowest BCUT2D eigenvalue weighted by atomic mass is 10.2. The minimum atomic E-state index is -4.38. The number of nitrogen functional groups attached to an aromatic ring is 1. The molecule has 0 unspecified atom stereocenters. The Kier molecular flexibility index (Phi) is 3.65. The van der Waals surface area contributed by atoms with Gasteiger partial charge in [0, 0.05) is 11.8 Å². The van der Waals surface area contributed by atoms with Crippen LogP contribution in [0.25, 0.3) is 11.5 Å². The number of ether oxygens (including phenoxy) is 1. The number of hydrogen-bond acceptors (Lipinski definition) is 6. The molecular weight excluding hydrogens is 265 g/mol. The van der Waals surface area contributed by atoms with E-state index in [-0.39, 0.29) is 24.1 Å². The molecule has 0 fully saturated rings. The van der Waals surface area contributed by atoms with E-state index in [2.05, 4.69) is 19.9 Å². The van der Waals surface area contributed by atoms with Crippen LogP contribution in [0.5, 0.6) is 0 Å². The van der Waals surface area contributed by atoms with Gasteiger partial charge in [-0.25, -0.2) is 4.98 Å². The van der Waals surface area contributed by atoms with Crippen molar-refractivity contribution in [3.05, 3.63) is 24.2 Å². The molecule has 2 aromatic rings. The number of nitrogens with zero attached hydrogens (tertiary/aromatic N) is 3. The fourth-order valence-electron chi connectivity index (χ4n) is 1.27. The smallest absolute Gasteiger partial charge is 0.384 e. The molecule has 0 bridgehead atoms. The van der Waals surface area contributed by atoms with E-state index in [9.17, 15) is 13.2 Å². The van der Waals surface area contributed by atoms with Crippen molar-refractivity contribution in [3.63, 3.8) is 0 Å². The molecule has 102 valence electrons. The quantitative estimate of drug-likeness (QED) is 0.914. The maximum absolute atomic E-state index is 11.9. The third kappa shape index (κ3) is 3.91. The van der Waals surface area contributed by atoms with Gasteiger partial charge in [-0.05, 0) is 12.1 Å². The summed E-state index contributed by atoms with van der Waals surface area (Å²) in [6, 6.07) is 3.10. The van der Waals surface area contributed by atoms with Gasteiger partial charge in [0.1, 0.15) is 19.0 Å². The third-order valence-electron chi connectivity index (χ3n) is 1.99. The van der Waals surface area contributed by atoms with Crippen LogP contribution >= 0.6 is 0 Å². The van der Waals surface area contributed by atoms with Gasteiger partial charge in [0.2, 0.25) is 0 Å². The standard InChI is InChI=1S/C10H9F3N4O2/c11-10(12,13)5-18-4-8-16-9(19-17-8)6-1-2-15-7(14)3-6/h1-3H,4-5H2,(H2,14,15). The van der Waals surface area contributed by atoms with Crippen LogP contribution in [-0.2, 0) is 11.3 Å².